The number of rotatable bonds is 5. The maximum atomic E-state index is 13.0. The van der Waals surface area contributed by atoms with Crippen LogP contribution in [0.3, 0.4) is 0 Å². The zero-order chi connectivity index (χ0) is 27.1. The third-order valence-corrected chi connectivity index (χ3v) is 5.95. The Morgan fingerprint density at radius 2 is 1.81 bits per heavy atom. The first kappa shape index (κ1) is 28.8. The summed E-state index contributed by atoms with van der Waals surface area (Å²) in [6, 6.07) is 9.09. The largest absolute Gasteiger partial charge is 0.490 e. The molecule has 200 valence electrons. The SMILES string of the molecule is N=C(N)N1CCC[C@H](NC(=O)CN2CCC[C@](N)(Cc3ccccc3)C2=O)C1O.O=C(O)C(F)(F)F. The molecule has 2 aliphatic rings. The van der Waals surface area contributed by atoms with Crippen LogP contribution in [0, 0.1) is 5.41 Å². The van der Waals surface area contributed by atoms with Gasteiger partial charge in [-0.15, -0.1) is 0 Å². The quantitative estimate of drug-likeness (QED) is 0.233. The predicted molar refractivity (Wildman–Crippen MR) is 122 cm³/mol. The van der Waals surface area contributed by atoms with Gasteiger partial charge < -0.3 is 36.8 Å². The lowest BCUT2D eigenvalue weighted by atomic mass is 9.83. The molecule has 14 heteroatoms. The van der Waals surface area contributed by atoms with E-state index in [4.69, 9.17) is 26.8 Å². The molecule has 0 bridgehead atoms. The average Bonchev–Trinajstić information content (AvgIpc) is 2.79. The monoisotopic (exact) mass is 516 g/mol. The van der Waals surface area contributed by atoms with Crippen LogP contribution < -0.4 is 16.8 Å². The molecule has 0 saturated carbocycles. The van der Waals surface area contributed by atoms with E-state index < -0.39 is 30.0 Å². The highest BCUT2D eigenvalue weighted by Crippen LogP contribution is 2.24. The van der Waals surface area contributed by atoms with Gasteiger partial charge in [0, 0.05) is 13.1 Å². The number of halogens is 3. The first-order valence-electron chi connectivity index (χ1n) is 11.2. The molecule has 2 saturated heterocycles. The second-order valence-corrected chi connectivity index (χ2v) is 8.76. The van der Waals surface area contributed by atoms with Crippen LogP contribution >= 0.6 is 0 Å². The number of guanidine groups is 1. The number of hydrogen-bond acceptors (Lipinski definition) is 6. The zero-order valence-corrected chi connectivity index (χ0v) is 19.5. The molecule has 2 heterocycles. The summed E-state index contributed by atoms with van der Waals surface area (Å²) in [6.07, 6.45) is -3.11. The van der Waals surface area contributed by atoms with Crippen molar-refractivity contribution in [3.8, 4) is 0 Å². The minimum Gasteiger partial charge on any atom is -0.475 e. The number of aliphatic hydroxyl groups excluding tert-OH is 1. The zero-order valence-electron chi connectivity index (χ0n) is 19.5. The van der Waals surface area contributed by atoms with Crippen molar-refractivity contribution < 1.29 is 37.8 Å². The van der Waals surface area contributed by atoms with E-state index >= 15 is 0 Å². The molecule has 0 spiro atoms. The fraction of sp³-hybridized carbons (Fsp3) is 0.545. The lowest BCUT2D eigenvalue weighted by molar-refractivity contribution is -0.192. The normalized spacial score (nSPS) is 24.4. The van der Waals surface area contributed by atoms with Gasteiger partial charge in [-0.05, 0) is 37.7 Å². The van der Waals surface area contributed by atoms with Crippen molar-refractivity contribution in [2.75, 3.05) is 19.6 Å². The van der Waals surface area contributed by atoms with Crippen LogP contribution in [-0.4, -0.2) is 87.4 Å². The number of alkyl halides is 3. The smallest absolute Gasteiger partial charge is 0.475 e. The van der Waals surface area contributed by atoms with Gasteiger partial charge >= 0.3 is 12.1 Å². The number of nitrogens with one attached hydrogen (secondary N) is 2. The van der Waals surface area contributed by atoms with E-state index in [0.29, 0.717) is 38.8 Å². The lowest BCUT2D eigenvalue weighted by Gasteiger charge is -2.40. The summed E-state index contributed by atoms with van der Waals surface area (Å²) in [5.41, 5.74) is 11.9. The van der Waals surface area contributed by atoms with Crippen molar-refractivity contribution in [3.63, 3.8) is 0 Å². The van der Waals surface area contributed by atoms with E-state index in [2.05, 4.69) is 5.32 Å². The maximum Gasteiger partial charge on any atom is 0.490 e. The Balaban J connectivity index is 0.000000572. The highest BCUT2D eigenvalue weighted by atomic mass is 19.4. The van der Waals surface area contributed by atoms with Crippen molar-refractivity contribution in [3.05, 3.63) is 35.9 Å². The highest BCUT2D eigenvalue weighted by molar-refractivity contribution is 5.91. The van der Waals surface area contributed by atoms with Gasteiger partial charge in [0.15, 0.2) is 5.96 Å². The molecule has 0 radical (unpaired) electrons. The Morgan fingerprint density at radius 3 is 2.36 bits per heavy atom. The van der Waals surface area contributed by atoms with Crippen LogP contribution in [0.1, 0.15) is 31.2 Å². The van der Waals surface area contributed by atoms with Crippen LogP contribution in [0.4, 0.5) is 13.2 Å². The van der Waals surface area contributed by atoms with E-state index in [0.717, 1.165) is 12.0 Å². The molecule has 1 aromatic carbocycles. The van der Waals surface area contributed by atoms with Crippen molar-refractivity contribution in [1.29, 1.82) is 5.41 Å². The van der Waals surface area contributed by atoms with Gasteiger partial charge in [-0.2, -0.15) is 13.2 Å². The molecule has 2 aliphatic heterocycles. The third-order valence-electron chi connectivity index (χ3n) is 5.95. The second kappa shape index (κ2) is 12.0. The molecule has 8 N–H and O–H groups in total. The third kappa shape index (κ3) is 7.81. The van der Waals surface area contributed by atoms with Crippen molar-refractivity contribution >= 4 is 23.7 Å². The van der Waals surface area contributed by atoms with Gasteiger partial charge in [-0.1, -0.05) is 30.3 Å². The number of likely N-dealkylation sites (tertiary alicyclic amines) is 2. The van der Waals surface area contributed by atoms with E-state index in [1.165, 1.54) is 9.80 Å². The van der Waals surface area contributed by atoms with Crippen LogP contribution in [0.25, 0.3) is 0 Å². The van der Waals surface area contributed by atoms with Crippen molar-refractivity contribution in [1.82, 2.24) is 15.1 Å². The highest BCUT2D eigenvalue weighted by Gasteiger charge is 2.41. The van der Waals surface area contributed by atoms with Crippen molar-refractivity contribution in [2.45, 2.75) is 56.1 Å². The van der Waals surface area contributed by atoms with Gasteiger partial charge in [0.25, 0.3) is 0 Å². The standard InChI is InChI=1S/C20H30N6O3.C2HF3O2/c21-19(22)26-11-4-8-15(17(26)28)24-16(27)13-25-10-5-9-20(23,18(25)29)12-14-6-2-1-3-7-14;3-2(4,5)1(6)7/h1-3,6-7,15,17,28H,4-5,8-13,23H2,(H3,21,22)(H,24,27);(H,6,7)/t15-,17?,20-;/m0./s1. The van der Waals surface area contributed by atoms with Gasteiger partial charge in [-0.25, -0.2) is 4.79 Å². The van der Waals surface area contributed by atoms with Crippen LogP contribution in [-0.2, 0) is 20.8 Å². The summed E-state index contributed by atoms with van der Waals surface area (Å²) in [4.78, 5) is 37.3. The molecule has 3 rings (SSSR count). The average molecular weight is 517 g/mol. The molecular formula is C22H31F3N6O5. The van der Waals surface area contributed by atoms with Gasteiger partial charge in [0.1, 0.15) is 6.23 Å². The molecule has 1 aromatic rings. The number of hydrogen-bond donors (Lipinski definition) is 6. The Kier molecular flexibility index (Phi) is 9.64. The van der Waals surface area contributed by atoms with Gasteiger partial charge in [0.2, 0.25) is 11.8 Å². The summed E-state index contributed by atoms with van der Waals surface area (Å²) >= 11 is 0. The maximum absolute atomic E-state index is 13.0. The van der Waals surface area contributed by atoms with Gasteiger partial charge in [0.05, 0.1) is 18.1 Å². The van der Waals surface area contributed by atoms with E-state index in [1.54, 1.807) is 0 Å². The molecule has 2 fully saturated rings. The first-order chi connectivity index (χ1) is 16.7. The number of carbonyl (C=O) groups is 3. The summed E-state index contributed by atoms with van der Waals surface area (Å²) in [5.74, 6) is -3.56. The Hall–Kier alpha value is -3.39. The number of aliphatic carboxylic acids is 1. The minimum atomic E-state index is -5.08. The van der Waals surface area contributed by atoms with Crippen LogP contribution in [0.5, 0.6) is 0 Å². The minimum absolute atomic E-state index is 0.101. The number of carbonyl (C=O) groups excluding carboxylic acids is 2. The summed E-state index contributed by atoms with van der Waals surface area (Å²) < 4.78 is 31.7. The second-order valence-electron chi connectivity index (χ2n) is 8.76. The number of amides is 2. The number of carboxylic acids is 1. The molecule has 36 heavy (non-hydrogen) atoms. The molecule has 0 aliphatic carbocycles. The van der Waals surface area contributed by atoms with E-state index in [9.17, 15) is 27.9 Å². The topological polar surface area (TPSA) is 186 Å². The predicted octanol–water partition coefficient (Wildman–Crippen LogP) is -0.0252. The molecular weight excluding hydrogens is 485 g/mol. The molecule has 2 amide bonds. The number of piperidine rings is 2. The van der Waals surface area contributed by atoms with E-state index in [1.807, 2.05) is 30.3 Å². The molecule has 1 unspecified atom stereocenters. The fourth-order valence-corrected chi connectivity index (χ4v) is 4.20. The van der Waals surface area contributed by atoms with Crippen LogP contribution in [0.15, 0.2) is 30.3 Å². The Morgan fingerprint density at radius 1 is 1.19 bits per heavy atom. The number of aliphatic hydroxyl groups is 1. The summed E-state index contributed by atoms with van der Waals surface area (Å²) in [6.45, 7) is 0.852. The van der Waals surface area contributed by atoms with Crippen LogP contribution in [0.2, 0.25) is 0 Å². The summed E-state index contributed by atoms with van der Waals surface area (Å²) in [5, 5.41) is 27.8. The summed E-state index contributed by atoms with van der Waals surface area (Å²) in [7, 11) is 0. The van der Waals surface area contributed by atoms with Crippen molar-refractivity contribution in [2.24, 2.45) is 11.5 Å². The molecule has 3 atom stereocenters. The van der Waals surface area contributed by atoms with E-state index in [-0.39, 0.29) is 24.3 Å². The first-order valence-corrected chi connectivity index (χ1v) is 11.2. The fourth-order valence-electron chi connectivity index (χ4n) is 4.20. The number of nitrogens with two attached hydrogens (primary N) is 2. The number of nitrogens with zero attached hydrogens (tertiary/aromatic N) is 2. The molecule has 11 nitrogen and oxygen atoms in total. The Labute approximate surface area is 205 Å². The number of benzene rings is 1. The number of carboxylic acid groups (broad SMARTS) is 1. The molecule has 0 aromatic heterocycles. The lowest BCUT2D eigenvalue weighted by Crippen LogP contribution is -2.63. The Bertz CT molecular complexity index is 948. The van der Waals surface area contributed by atoms with Gasteiger partial charge in [-0.3, -0.25) is 15.0 Å².